The van der Waals surface area contributed by atoms with E-state index in [2.05, 4.69) is 9.97 Å². The summed E-state index contributed by atoms with van der Waals surface area (Å²) in [5.74, 6) is -0.422. The lowest BCUT2D eigenvalue weighted by atomic mass is 10.1. The van der Waals surface area contributed by atoms with E-state index in [0.717, 1.165) is 5.56 Å². The van der Waals surface area contributed by atoms with Crippen molar-refractivity contribution in [2.75, 3.05) is 0 Å². The molecule has 0 N–H and O–H groups in total. The molecule has 4 nitrogen and oxygen atoms in total. The molecule has 1 aromatic heterocycles. The van der Waals surface area contributed by atoms with E-state index in [9.17, 15) is 4.79 Å². The first-order valence-electron chi connectivity index (χ1n) is 5.13. The van der Waals surface area contributed by atoms with E-state index in [1.54, 1.807) is 18.2 Å². The number of aromatic nitrogens is 2. The summed E-state index contributed by atoms with van der Waals surface area (Å²) >= 11 is 11.8. The third kappa shape index (κ3) is 1.74. The molecule has 2 aromatic rings. The maximum absolute atomic E-state index is 11.4. The highest BCUT2D eigenvalue weighted by molar-refractivity contribution is 6.42. The van der Waals surface area contributed by atoms with Crippen molar-refractivity contribution >= 4 is 29.2 Å². The smallest absolute Gasteiger partial charge is 0.357 e. The Morgan fingerprint density at radius 1 is 1.11 bits per heavy atom. The molecule has 90 valence electrons. The van der Waals surface area contributed by atoms with Gasteiger partial charge in [-0.2, -0.15) is 0 Å². The maximum Gasteiger partial charge on any atom is 0.357 e. The number of benzene rings is 1. The summed E-state index contributed by atoms with van der Waals surface area (Å²) in [7, 11) is 0. The molecule has 0 radical (unpaired) electrons. The summed E-state index contributed by atoms with van der Waals surface area (Å²) < 4.78 is 4.94. The van der Waals surface area contributed by atoms with Gasteiger partial charge < -0.3 is 4.74 Å². The van der Waals surface area contributed by atoms with Crippen molar-refractivity contribution in [3.8, 4) is 11.3 Å². The topological polar surface area (TPSA) is 52.1 Å². The van der Waals surface area contributed by atoms with Crippen LogP contribution >= 0.6 is 23.2 Å². The molecule has 1 aliphatic heterocycles. The van der Waals surface area contributed by atoms with Crippen molar-refractivity contribution in [3.63, 3.8) is 0 Å². The Balaban J connectivity index is 2.18. The molecule has 3 rings (SSSR count). The zero-order chi connectivity index (χ0) is 12.7. The number of carbonyl (C=O) groups excluding carboxylic acids is 1. The number of rotatable bonds is 1. The summed E-state index contributed by atoms with van der Waals surface area (Å²) in [5.41, 5.74) is 2.41. The quantitative estimate of drug-likeness (QED) is 0.753. The third-order valence-electron chi connectivity index (χ3n) is 2.68. The predicted molar refractivity (Wildman–Crippen MR) is 66.6 cm³/mol. The largest absolute Gasteiger partial charge is 0.456 e. The van der Waals surface area contributed by atoms with Crippen molar-refractivity contribution in [1.29, 1.82) is 0 Å². The van der Waals surface area contributed by atoms with Crippen molar-refractivity contribution in [2.24, 2.45) is 0 Å². The number of fused-ring (bicyclic) bond motifs is 1. The number of halogens is 2. The molecule has 6 heteroatoms. The molecule has 0 aliphatic carbocycles. The van der Waals surface area contributed by atoms with Gasteiger partial charge in [-0.3, -0.25) is 0 Å². The average Bonchev–Trinajstić information content (AvgIpc) is 2.75. The van der Waals surface area contributed by atoms with Crippen LogP contribution in [0.5, 0.6) is 0 Å². The van der Waals surface area contributed by atoms with Crippen molar-refractivity contribution < 1.29 is 9.53 Å². The summed E-state index contributed by atoms with van der Waals surface area (Å²) in [6, 6.07) is 5.18. The zero-order valence-electron chi connectivity index (χ0n) is 8.98. The number of ether oxygens (including phenoxy) is 1. The molecule has 1 aliphatic rings. The predicted octanol–water partition coefficient (Wildman–Crippen LogP) is 3.12. The van der Waals surface area contributed by atoms with Crippen LogP contribution in [0.15, 0.2) is 24.5 Å². The van der Waals surface area contributed by atoms with Gasteiger partial charge in [0, 0.05) is 11.1 Å². The Morgan fingerprint density at radius 2 is 1.89 bits per heavy atom. The van der Waals surface area contributed by atoms with E-state index in [4.69, 9.17) is 27.9 Å². The Labute approximate surface area is 113 Å². The highest BCUT2D eigenvalue weighted by Crippen LogP contribution is 2.32. The molecule has 0 saturated carbocycles. The summed E-state index contributed by atoms with van der Waals surface area (Å²) in [4.78, 5) is 19.5. The second-order valence-electron chi connectivity index (χ2n) is 3.75. The summed E-state index contributed by atoms with van der Waals surface area (Å²) in [5, 5.41) is 0.908. The zero-order valence-corrected chi connectivity index (χ0v) is 10.5. The lowest BCUT2D eigenvalue weighted by Crippen LogP contribution is -1.99. The van der Waals surface area contributed by atoms with Crippen LogP contribution in [0.3, 0.4) is 0 Å². The monoisotopic (exact) mass is 280 g/mol. The van der Waals surface area contributed by atoms with E-state index in [1.165, 1.54) is 6.33 Å². The van der Waals surface area contributed by atoms with Crippen LogP contribution in [0.1, 0.15) is 16.1 Å². The van der Waals surface area contributed by atoms with Crippen molar-refractivity contribution in [2.45, 2.75) is 6.61 Å². The minimum Gasteiger partial charge on any atom is -0.456 e. The first kappa shape index (κ1) is 11.4. The lowest BCUT2D eigenvalue weighted by Gasteiger charge is -2.05. The van der Waals surface area contributed by atoms with Gasteiger partial charge >= 0.3 is 5.97 Å². The molecular formula is C12H6Cl2N2O2. The third-order valence-corrected chi connectivity index (χ3v) is 3.42. The SMILES string of the molecule is O=C1OCc2c1ncnc2-c1ccc(Cl)c(Cl)c1. The van der Waals surface area contributed by atoms with Crippen LogP contribution in [0.2, 0.25) is 10.0 Å². The van der Waals surface area contributed by atoms with Gasteiger partial charge in [0.2, 0.25) is 0 Å². The normalized spacial score (nSPS) is 13.3. The number of carbonyl (C=O) groups is 1. The highest BCUT2D eigenvalue weighted by Gasteiger charge is 2.26. The molecule has 2 heterocycles. The minimum absolute atomic E-state index is 0.185. The van der Waals surface area contributed by atoms with Gasteiger partial charge in [0.05, 0.1) is 15.7 Å². The molecule has 1 aromatic carbocycles. The standard InChI is InChI=1S/C12H6Cl2N2O2/c13-8-2-1-6(3-9(8)14)10-7-4-18-12(17)11(7)16-5-15-10/h1-3,5H,4H2. The van der Waals surface area contributed by atoms with Crippen molar-refractivity contribution in [1.82, 2.24) is 9.97 Å². The maximum atomic E-state index is 11.4. The van der Waals surface area contributed by atoms with Crippen LogP contribution in [0.4, 0.5) is 0 Å². The number of hydrogen-bond acceptors (Lipinski definition) is 4. The fraction of sp³-hybridized carbons (Fsp3) is 0.0833. The molecule has 0 amide bonds. The lowest BCUT2D eigenvalue weighted by molar-refractivity contribution is 0.0531. The van der Waals surface area contributed by atoms with Crippen LogP contribution in [-0.2, 0) is 11.3 Å². The van der Waals surface area contributed by atoms with Gasteiger partial charge in [-0.15, -0.1) is 0 Å². The Bertz CT molecular complexity index is 659. The molecule has 0 saturated heterocycles. The minimum atomic E-state index is -0.422. The fourth-order valence-corrected chi connectivity index (χ4v) is 2.12. The van der Waals surface area contributed by atoms with Crippen LogP contribution in [-0.4, -0.2) is 15.9 Å². The Morgan fingerprint density at radius 3 is 2.67 bits per heavy atom. The molecule has 0 bridgehead atoms. The average molecular weight is 281 g/mol. The van der Waals surface area contributed by atoms with E-state index in [0.29, 0.717) is 27.0 Å². The molecular weight excluding hydrogens is 275 g/mol. The first-order valence-corrected chi connectivity index (χ1v) is 5.89. The fourth-order valence-electron chi connectivity index (χ4n) is 1.82. The summed E-state index contributed by atoms with van der Waals surface area (Å²) in [6.07, 6.45) is 1.34. The van der Waals surface area contributed by atoms with Crippen molar-refractivity contribution in [3.05, 3.63) is 45.8 Å². The molecule has 0 unspecified atom stereocenters. The molecule has 0 spiro atoms. The van der Waals surface area contributed by atoms with Gasteiger partial charge in [0.25, 0.3) is 0 Å². The second-order valence-corrected chi connectivity index (χ2v) is 4.57. The van der Waals surface area contributed by atoms with Gasteiger partial charge in [0.1, 0.15) is 12.9 Å². The van der Waals surface area contributed by atoms with Gasteiger partial charge in [-0.1, -0.05) is 29.3 Å². The van der Waals surface area contributed by atoms with Crippen LogP contribution in [0.25, 0.3) is 11.3 Å². The number of esters is 1. The molecule has 0 fully saturated rings. The highest BCUT2D eigenvalue weighted by atomic mass is 35.5. The number of hydrogen-bond donors (Lipinski definition) is 0. The second kappa shape index (κ2) is 4.23. The molecule has 0 atom stereocenters. The Hall–Kier alpha value is -1.65. The van der Waals surface area contributed by atoms with Crippen LogP contribution in [0, 0.1) is 0 Å². The van der Waals surface area contributed by atoms with Gasteiger partial charge in [0.15, 0.2) is 5.69 Å². The van der Waals surface area contributed by atoms with E-state index >= 15 is 0 Å². The van der Waals surface area contributed by atoms with Crippen LogP contribution < -0.4 is 0 Å². The summed E-state index contributed by atoms with van der Waals surface area (Å²) in [6.45, 7) is 0.185. The van der Waals surface area contributed by atoms with Gasteiger partial charge in [-0.25, -0.2) is 14.8 Å². The molecule has 18 heavy (non-hydrogen) atoms. The number of nitrogens with zero attached hydrogens (tertiary/aromatic N) is 2. The van der Waals surface area contributed by atoms with Gasteiger partial charge in [-0.05, 0) is 12.1 Å². The Kier molecular flexibility index (Phi) is 2.69. The van der Waals surface area contributed by atoms with E-state index in [-0.39, 0.29) is 6.61 Å². The number of cyclic esters (lactones) is 1. The first-order chi connectivity index (χ1) is 8.66. The van der Waals surface area contributed by atoms with E-state index < -0.39 is 5.97 Å². The van der Waals surface area contributed by atoms with E-state index in [1.807, 2.05) is 0 Å².